The van der Waals surface area contributed by atoms with Gasteiger partial charge >= 0.3 is 6.18 Å². The van der Waals surface area contributed by atoms with E-state index in [1.165, 1.54) is 12.1 Å². The third kappa shape index (κ3) is 5.68. The van der Waals surface area contributed by atoms with Gasteiger partial charge in [0, 0.05) is 12.5 Å². The Morgan fingerprint density at radius 3 is 2.59 bits per heavy atom. The topological polar surface area (TPSA) is 12.0 Å². The van der Waals surface area contributed by atoms with Gasteiger partial charge in [0.2, 0.25) is 0 Å². The molecule has 0 aliphatic heterocycles. The molecule has 0 aromatic heterocycles. The van der Waals surface area contributed by atoms with Crippen LogP contribution >= 0.6 is 0 Å². The highest BCUT2D eigenvalue weighted by molar-refractivity contribution is 5.19. The van der Waals surface area contributed by atoms with E-state index in [2.05, 4.69) is 5.32 Å². The first-order chi connectivity index (χ1) is 7.88. The largest absolute Gasteiger partial charge is 0.389 e. The number of nitrogens with one attached hydrogen (secondary N) is 1. The van der Waals surface area contributed by atoms with Crippen molar-refractivity contribution in [3.63, 3.8) is 0 Å². The summed E-state index contributed by atoms with van der Waals surface area (Å²) < 4.78 is 48.5. The Bertz CT molecular complexity index is 349. The van der Waals surface area contributed by atoms with Crippen LogP contribution in [-0.2, 0) is 0 Å². The lowest BCUT2D eigenvalue weighted by atomic mass is 10.1. The van der Waals surface area contributed by atoms with Crippen molar-refractivity contribution in [2.24, 2.45) is 0 Å². The number of rotatable bonds is 5. The molecule has 0 aliphatic rings. The third-order valence-corrected chi connectivity index (χ3v) is 2.44. The second kappa shape index (κ2) is 6.00. The molecule has 0 bridgehead atoms. The lowest BCUT2D eigenvalue weighted by molar-refractivity contribution is -0.135. The van der Waals surface area contributed by atoms with E-state index in [1.54, 1.807) is 19.1 Å². The van der Waals surface area contributed by atoms with Crippen LogP contribution < -0.4 is 5.32 Å². The number of halogens is 4. The fourth-order valence-corrected chi connectivity index (χ4v) is 1.50. The Hall–Kier alpha value is -1.10. The zero-order valence-corrected chi connectivity index (χ0v) is 9.52. The van der Waals surface area contributed by atoms with E-state index in [4.69, 9.17) is 0 Å². The van der Waals surface area contributed by atoms with Crippen LogP contribution in [0, 0.1) is 5.82 Å². The van der Waals surface area contributed by atoms with Crippen molar-refractivity contribution in [2.45, 2.75) is 32.0 Å². The first-order valence-electron chi connectivity index (χ1n) is 5.44. The van der Waals surface area contributed by atoms with Crippen LogP contribution in [-0.4, -0.2) is 12.7 Å². The fraction of sp³-hybridized carbons (Fsp3) is 0.500. The van der Waals surface area contributed by atoms with Gasteiger partial charge in [-0.05, 0) is 37.6 Å². The Morgan fingerprint density at radius 2 is 2.00 bits per heavy atom. The minimum atomic E-state index is -4.11. The van der Waals surface area contributed by atoms with Crippen LogP contribution in [0.3, 0.4) is 0 Å². The van der Waals surface area contributed by atoms with Gasteiger partial charge in [0.15, 0.2) is 0 Å². The lowest BCUT2D eigenvalue weighted by Gasteiger charge is -2.14. The monoisotopic (exact) mass is 249 g/mol. The Labute approximate surface area is 97.8 Å². The minimum Gasteiger partial charge on any atom is -0.310 e. The number of benzene rings is 1. The summed E-state index contributed by atoms with van der Waals surface area (Å²) in [4.78, 5) is 0. The standard InChI is InChI=1S/C12H15F4N/c1-9(10-4-2-5-11(13)8-10)17-7-3-6-12(14,15)16/h2,4-5,8-9,17H,3,6-7H2,1H3/t9-/m0/s1. The maximum Gasteiger partial charge on any atom is 0.389 e. The molecule has 1 atom stereocenters. The summed E-state index contributed by atoms with van der Waals surface area (Å²) >= 11 is 0. The predicted octanol–water partition coefficient (Wildman–Crippen LogP) is 3.82. The molecule has 0 unspecified atom stereocenters. The van der Waals surface area contributed by atoms with Crippen molar-refractivity contribution in [3.05, 3.63) is 35.6 Å². The molecule has 1 aromatic carbocycles. The van der Waals surface area contributed by atoms with Gasteiger partial charge in [-0.25, -0.2) is 4.39 Å². The molecule has 0 saturated heterocycles. The number of hydrogen-bond acceptors (Lipinski definition) is 1. The van der Waals surface area contributed by atoms with E-state index in [1.807, 2.05) is 0 Å². The van der Waals surface area contributed by atoms with Crippen LogP contribution in [0.4, 0.5) is 17.6 Å². The van der Waals surface area contributed by atoms with Gasteiger partial charge in [-0.2, -0.15) is 13.2 Å². The van der Waals surface area contributed by atoms with E-state index in [-0.39, 0.29) is 24.8 Å². The van der Waals surface area contributed by atoms with Gasteiger partial charge in [0.1, 0.15) is 5.82 Å². The van der Waals surface area contributed by atoms with Crippen molar-refractivity contribution < 1.29 is 17.6 Å². The van der Waals surface area contributed by atoms with Gasteiger partial charge in [-0.1, -0.05) is 12.1 Å². The highest BCUT2D eigenvalue weighted by atomic mass is 19.4. The van der Waals surface area contributed by atoms with Gasteiger partial charge < -0.3 is 5.32 Å². The van der Waals surface area contributed by atoms with Crippen LogP contribution in [0.2, 0.25) is 0 Å². The molecule has 5 heteroatoms. The Balaban J connectivity index is 2.33. The molecule has 0 amide bonds. The summed E-state index contributed by atoms with van der Waals surface area (Å²) in [6, 6.07) is 5.88. The molecule has 0 radical (unpaired) electrons. The van der Waals surface area contributed by atoms with Crippen LogP contribution in [0.5, 0.6) is 0 Å². The van der Waals surface area contributed by atoms with Crippen molar-refractivity contribution in [1.82, 2.24) is 5.32 Å². The van der Waals surface area contributed by atoms with Crippen molar-refractivity contribution in [1.29, 1.82) is 0 Å². The van der Waals surface area contributed by atoms with Gasteiger partial charge in [0.25, 0.3) is 0 Å². The molecule has 1 nitrogen and oxygen atoms in total. The smallest absolute Gasteiger partial charge is 0.310 e. The number of hydrogen-bond donors (Lipinski definition) is 1. The van der Waals surface area contributed by atoms with Crippen molar-refractivity contribution >= 4 is 0 Å². The van der Waals surface area contributed by atoms with Gasteiger partial charge in [0.05, 0.1) is 0 Å². The van der Waals surface area contributed by atoms with Gasteiger partial charge in [-0.3, -0.25) is 0 Å². The molecule has 0 aliphatic carbocycles. The van der Waals surface area contributed by atoms with E-state index in [0.29, 0.717) is 0 Å². The summed E-state index contributed by atoms with van der Waals surface area (Å²) in [5.41, 5.74) is 0.733. The lowest BCUT2D eigenvalue weighted by Crippen LogP contribution is -2.21. The minimum absolute atomic E-state index is 0.0309. The van der Waals surface area contributed by atoms with Crippen LogP contribution in [0.25, 0.3) is 0 Å². The molecule has 0 spiro atoms. The molecule has 1 rings (SSSR count). The maximum atomic E-state index is 12.9. The molecule has 1 aromatic rings. The quantitative estimate of drug-likeness (QED) is 0.618. The highest BCUT2D eigenvalue weighted by Gasteiger charge is 2.25. The van der Waals surface area contributed by atoms with Gasteiger partial charge in [-0.15, -0.1) is 0 Å². The Kier molecular flexibility index (Phi) is 4.93. The first kappa shape index (κ1) is 14.0. The van der Waals surface area contributed by atoms with E-state index in [0.717, 1.165) is 5.56 Å². The molecular formula is C12H15F4N. The summed E-state index contributed by atoms with van der Waals surface area (Å²) in [6.07, 6.45) is -4.87. The summed E-state index contributed by atoms with van der Waals surface area (Å²) in [5, 5.41) is 2.93. The van der Waals surface area contributed by atoms with Crippen LogP contribution in [0.15, 0.2) is 24.3 Å². The molecule has 0 saturated carbocycles. The summed E-state index contributed by atoms with van der Waals surface area (Å²) in [7, 11) is 0. The normalized spacial score (nSPS) is 13.7. The van der Waals surface area contributed by atoms with Crippen molar-refractivity contribution in [2.75, 3.05) is 6.54 Å². The van der Waals surface area contributed by atoms with E-state index in [9.17, 15) is 17.6 Å². The Morgan fingerprint density at radius 1 is 1.29 bits per heavy atom. The van der Waals surface area contributed by atoms with Crippen LogP contribution in [0.1, 0.15) is 31.4 Å². The zero-order valence-electron chi connectivity index (χ0n) is 9.52. The molecule has 1 N–H and O–H groups in total. The van der Waals surface area contributed by atoms with Crippen molar-refractivity contribution in [3.8, 4) is 0 Å². The summed E-state index contributed by atoms with van der Waals surface area (Å²) in [6.45, 7) is 2.06. The summed E-state index contributed by atoms with van der Waals surface area (Å²) in [5.74, 6) is -0.341. The molecule has 0 fully saturated rings. The third-order valence-electron chi connectivity index (χ3n) is 2.44. The first-order valence-corrected chi connectivity index (χ1v) is 5.44. The second-order valence-corrected chi connectivity index (χ2v) is 3.95. The average molecular weight is 249 g/mol. The highest BCUT2D eigenvalue weighted by Crippen LogP contribution is 2.21. The van der Waals surface area contributed by atoms with E-state index >= 15 is 0 Å². The zero-order chi connectivity index (χ0) is 12.9. The molecule has 17 heavy (non-hydrogen) atoms. The molecule has 96 valence electrons. The second-order valence-electron chi connectivity index (χ2n) is 3.95. The molecule has 0 heterocycles. The molecular weight excluding hydrogens is 234 g/mol. The number of alkyl halides is 3. The predicted molar refractivity (Wildman–Crippen MR) is 58.1 cm³/mol. The fourth-order valence-electron chi connectivity index (χ4n) is 1.50. The average Bonchev–Trinajstić information content (AvgIpc) is 2.23. The van der Waals surface area contributed by atoms with E-state index < -0.39 is 12.6 Å². The maximum absolute atomic E-state index is 12.9. The SMILES string of the molecule is C[C@H](NCCCC(F)(F)F)c1cccc(F)c1.